The lowest BCUT2D eigenvalue weighted by Crippen LogP contribution is -2.38. The van der Waals surface area contributed by atoms with E-state index < -0.39 is 22.5 Å². The lowest BCUT2D eigenvalue weighted by Gasteiger charge is -2.25. The first kappa shape index (κ1) is 26.7. The van der Waals surface area contributed by atoms with E-state index in [0.29, 0.717) is 18.2 Å². The Kier molecular flexibility index (Phi) is 8.48. The molecule has 3 aromatic carbocycles. The fourth-order valence-corrected chi connectivity index (χ4v) is 5.60. The van der Waals surface area contributed by atoms with Gasteiger partial charge in [-0.15, -0.1) is 0 Å². The lowest BCUT2D eigenvalue weighted by atomic mass is 10.1. The van der Waals surface area contributed by atoms with Gasteiger partial charge in [0.1, 0.15) is 6.54 Å². The molecule has 0 radical (unpaired) electrons. The van der Waals surface area contributed by atoms with Crippen molar-refractivity contribution in [2.45, 2.75) is 30.8 Å². The van der Waals surface area contributed by atoms with Gasteiger partial charge in [0, 0.05) is 18.2 Å². The van der Waals surface area contributed by atoms with Crippen LogP contribution in [0.5, 0.6) is 0 Å². The van der Waals surface area contributed by atoms with Crippen LogP contribution in [0.2, 0.25) is 5.02 Å². The second kappa shape index (κ2) is 11.8. The largest absolute Gasteiger partial charge is 0.376 e. The highest BCUT2D eigenvalue weighted by molar-refractivity contribution is 7.92. The van der Waals surface area contributed by atoms with E-state index in [9.17, 15) is 18.0 Å². The first-order chi connectivity index (χ1) is 17.8. The summed E-state index contributed by atoms with van der Waals surface area (Å²) in [4.78, 5) is 26.0. The first-order valence-electron chi connectivity index (χ1n) is 11.9. The average Bonchev–Trinajstić information content (AvgIpc) is 3.42. The van der Waals surface area contributed by atoms with Crippen molar-refractivity contribution >= 4 is 44.8 Å². The number of halogens is 1. The van der Waals surface area contributed by atoms with Gasteiger partial charge in [-0.05, 0) is 61.7 Å². The number of anilines is 2. The molecule has 0 spiro atoms. The summed E-state index contributed by atoms with van der Waals surface area (Å²) in [6.07, 6.45) is 1.82. The van der Waals surface area contributed by atoms with Crippen molar-refractivity contribution < 1.29 is 22.7 Å². The molecule has 1 heterocycles. The summed E-state index contributed by atoms with van der Waals surface area (Å²) in [6, 6.07) is 19.2. The third-order valence-electron chi connectivity index (χ3n) is 6.02. The molecule has 1 aliphatic heterocycles. The van der Waals surface area contributed by atoms with Gasteiger partial charge >= 0.3 is 0 Å². The molecule has 4 rings (SSSR count). The molecule has 1 atom stereocenters. The molecule has 37 heavy (non-hydrogen) atoms. The van der Waals surface area contributed by atoms with Crippen molar-refractivity contribution in [1.82, 2.24) is 5.32 Å². The number of carbonyl (C=O) groups excluding carboxylic acids is 2. The number of carbonyl (C=O) groups is 2. The molecule has 1 fully saturated rings. The lowest BCUT2D eigenvalue weighted by molar-refractivity contribution is -0.114. The van der Waals surface area contributed by atoms with Crippen molar-refractivity contribution in [3.8, 4) is 0 Å². The fourth-order valence-electron chi connectivity index (χ4n) is 3.99. The Bertz CT molecular complexity index is 1380. The Labute approximate surface area is 221 Å². The van der Waals surface area contributed by atoms with Crippen molar-refractivity contribution in [3.05, 3.63) is 88.9 Å². The zero-order valence-corrected chi connectivity index (χ0v) is 21.9. The summed E-state index contributed by atoms with van der Waals surface area (Å²) in [5.74, 6) is -0.971. The quantitative estimate of drug-likeness (QED) is 0.418. The van der Waals surface area contributed by atoms with Crippen LogP contribution in [0.4, 0.5) is 11.4 Å². The molecular formula is C27H28ClN3O5S. The summed E-state index contributed by atoms with van der Waals surface area (Å²) >= 11 is 6.28. The fraction of sp³-hybridized carbons (Fsp3) is 0.259. The number of ether oxygens (including phenoxy) is 1. The first-order valence-corrected chi connectivity index (χ1v) is 13.7. The molecule has 2 N–H and O–H groups in total. The maximum Gasteiger partial charge on any atom is 0.264 e. The molecule has 194 valence electrons. The number of benzene rings is 3. The molecule has 3 aromatic rings. The predicted molar refractivity (Wildman–Crippen MR) is 144 cm³/mol. The van der Waals surface area contributed by atoms with E-state index in [0.717, 1.165) is 22.7 Å². The highest BCUT2D eigenvalue weighted by Gasteiger charge is 2.28. The molecule has 0 saturated carbocycles. The molecule has 1 aliphatic rings. The van der Waals surface area contributed by atoms with Crippen LogP contribution in [-0.4, -0.2) is 46.0 Å². The van der Waals surface area contributed by atoms with Gasteiger partial charge in [0.2, 0.25) is 5.91 Å². The third kappa shape index (κ3) is 6.49. The molecule has 1 saturated heterocycles. The predicted octanol–water partition coefficient (Wildman–Crippen LogP) is 4.39. The number of nitrogens with one attached hydrogen (secondary N) is 2. The summed E-state index contributed by atoms with van der Waals surface area (Å²) in [5, 5.41) is 5.92. The second-order valence-electron chi connectivity index (χ2n) is 8.70. The van der Waals surface area contributed by atoms with Crippen LogP contribution in [0, 0.1) is 6.92 Å². The van der Waals surface area contributed by atoms with Crippen molar-refractivity contribution in [2.24, 2.45) is 0 Å². The summed E-state index contributed by atoms with van der Waals surface area (Å²) < 4.78 is 33.6. The summed E-state index contributed by atoms with van der Waals surface area (Å²) in [5.41, 5.74) is 1.56. The summed E-state index contributed by atoms with van der Waals surface area (Å²) in [7, 11) is -4.09. The molecule has 0 aromatic heterocycles. The molecule has 0 aliphatic carbocycles. The van der Waals surface area contributed by atoms with E-state index in [4.69, 9.17) is 16.3 Å². The minimum absolute atomic E-state index is 0.0243. The Morgan fingerprint density at radius 3 is 2.49 bits per heavy atom. The molecule has 0 bridgehead atoms. The number of aryl methyl sites for hydroxylation is 1. The summed E-state index contributed by atoms with van der Waals surface area (Å²) in [6.45, 7) is 2.33. The van der Waals surface area contributed by atoms with Crippen LogP contribution in [0.3, 0.4) is 0 Å². The average molecular weight is 542 g/mol. The minimum atomic E-state index is -4.09. The van der Waals surface area contributed by atoms with Gasteiger partial charge in [-0.25, -0.2) is 8.42 Å². The van der Waals surface area contributed by atoms with Gasteiger partial charge in [-0.1, -0.05) is 48.0 Å². The van der Waals surface area contributed by atoms with Crippen LogP contribution < -0.4 is 14.9 Å². The number of hydrogen-bond acceptors (Lipinski definition) is 5. The zero-order chi connectivity index (χ0) is 26.4. The Balaban J connectivity index is 1.56. The topological polar surface area (TPSA) is 105 Å². The van der Waals surface area contributed by atoms with Crippen molar-refractivity contribution in [2.75, 3.05) is 29.3 Å². The molecule has 2 amide bonds. The van der Waals surface area contributed by atoms with E-state index in [-0.39, 0.29) is 33.8 Å². The number of hydrogen-bond donors (Lipinski definition) is 2. The second-order valence-corrected chi connectivity index (χ2v) is 11.0. The molecule has 8 nitrogen and oxygen atoms in total. The smallest absolute Gasteiger partial charge is 0.264 e. The van der Waals surface area contributed by atoms with Crippen molar-refractivity contribution in [3.63, 3.8) is 0 Å². The number of rotatable bonds is 9. The van der Waals surface area contributed by atoms with E-state index in [1.54, 1.807) is 61.5 Å². The van der Waals surface area contributed by atoms with Gasteiger partial charge in [-0.2, -0.15) is 0 Å². The van der Waals surface area contributed by atoms with E-state index in [2.05, 4.69) is 10.6 Å². The number of nitrogens with zero attached hydrogens (tertiary/aromatic N) is 1. The van der Waals surface area contributed by atoms with Gasteiger partial charge in [0.15, 0.2) is 0 Å². The van der Waals surface area contributed by atoms with Crippen LogP contribution in [0.25, 0.3) is 0 Å². The number of amides is 2. The number of sulfonamides is 1. The van der Waals surface area contributed by atoms with Crippen LogP contribution in [-0.2, 0) is 19.6 Å². The standard InChI is InChI=1S/C27H28ClN3O5S/c1-19-13-14-20(16-24(19)28)31(37(34,35)22-9-3-2-4-10-22)18-26(32)30-25-12-6-5-11-23(25)27(33)29-17-21-8-7-15-36-21/h2-6,9-14,16,21H,7-8,15,17-18H2,1H3,(H,29,33)(H,30,32)/t21-/m0/s1. The maximum absolute atomic E-state index is 13.5. The van der Waals surface area contributed by atoms with Crippen LogP contribution in [0.15, 0.2) is 77.7 Å². The maximum atomic E-state index is 13.5. The molecule has 0 unspecified atom stereocenters. The highest BCUT2D eigenvalue weighted by atomic mass is 35.5. The van der Waals surface area contributed by atoms with Crippen LogP contribution >= 0.6 is 11.6 Å². The van der Waals surface area contributed by atoms with Gasteiger partial charge < -0.3 is 15.4 Å². The van der Waals surface area contributed by atoms with Gasteiger partial charge in [0.05, 0.1) is 27.9 Å². The minimum Gasteiger partial charge on any atom is -0.376 e. The number of para-hydroxylation sites is 1. The Morgan fingerprint density at radius 1 is 1.05 bits per heavy atom. The van der Waals surface area contributed by atoms with Gasteiger partial charge in [0.25, 0.3) is 15.9 Å². The highest BCUT2D eigenvalue weighted by Crippen LogP contribution is 2.28. The zero-order valence-electron chi connectivity index (χ0n) is 20.3. The monoisotopic (exact) mass is 541 g/mol. The van der Waals surface area contributed by atoms with E-state index in [1.165, 1.54) is 18.2 Å². The van der Waals surface area contributed by atoms with Crippen LogP contribution in [0.1, 0.15) is 28.8 Å². The SMILES string of the molecule is Cc1ccc(N(CC(=O)Nc2ccccc2C(=O)NC[C@@H]2CCCO2)S(=O)(=O)c2ccccc2)cc1Cl. The Hall–Kier alpha value is -3.40. The van der Waals surface area contributed by atoms with Crippen molar-refractivity contribution in [1.29, 1.82) is 0 Å². The van der Waals surface area contributed by atoms with E-state index in [1.807, 2.05) is 0 Å². The molecular weight excluding hydrogens is 514 g/mol. The van der Waals surface area contributed by atoms with E-state index >= 15 is 0 Å². The van der Waals surface area contributed by atoms with Gasteiger partial charge in [-0.3, -0.25) is 13.9 Å². The third-order valence-corrected chi connectivity index (χ3v) is 8.22. The molecule has 10 heteroatoms. The Morgan fingerprint density at radius 2 is 1.78 bits per heavy atom. The normalized spacial score (nSPS) is 15.2.